The van der Waals surface area contributed by atoms with Crippen LogP contribution in [0.5, 0.6) is 0 Å². The van der Waals surface area contributed by atoms with E-state index in [0.29, 0.717) is 5.56 Å². The van der Waals surface area contributed by atoms with Crippen LogP contribution in [-0.2, 0) is 17.6 Å². The minimum Gasteiger partial charge on any atom is -0.465 e. The van der Waals surface area contributed by atoms with Gasteiger partial charge in [0.1, 0.15) is 0 Å². The van der Waals surface area contributed by atoms with Crippen molar-refractivity contribution in [2.75, 3.05) is 7.11 Å². The van der Waals surface area contributed by atoms with Gasteiger partial charge in [-0.05, 0) is 78.8 Å². The van der Waals surface area contributed by atoms with Crippen molar-refractivity contribution in [3.05, 3.63) is 142 Å². The molecule has 0 saturated heterocycles. The first-order valence-electron chi connectivity index (χ1n) is 12.6. The van der Waals surface area contributed by atoms with Gasteiger partial charge in [0.15, 0.2) is 0 Å². The fourth-order valence-corrected chi connectivity index (χ4v) is 5.46. The average molecular weight is 508 g/mol. The number of halogens is 1. The van der Waals surface area contributed by atoms with Gasteiger partial charge in [0.2, 0.25) is 0 Å². The first-order chi connectivity index (χ1) is 18.1. The second-order valence-electron chi connectivity index (χ2n) is 9.36. The number of hydrogen-bond acceptors (Lipinski definition) is 2. The molecule has 0 aliphatic rings. The summed E-state index contributed by atoms with van der Waals surface area (Å²) in [6, 6.07) is 35.4. The number of nitrogens with zero attached hydrogens (tertiary/aromatic N) is 1. The predicted molar refractivity (Wildman–Crippen MR) is 152 cm³/mol. The van der Waals surface area contributed by atoms with Crippen molar-refractivity contribution in [2.45, 2.75) is 32.2 Å². The first-order valence-corrected chi connectivity index (χ1v) is 13.0. The minimum atomic E-state index is -0.307. The molecule has 0 aliphatic carbocycles. The molecule has 0 saturated carbocycles. The van der Waals surface area contributed by atoms with Crippen LogP contribution in [0.4, 0.5) is 0 Å². The van der Waals surface area contributed by atoms with Crippen LogP contribution >= 0.6 is 11.6 Å². The van der Waals surface area contributed by atoms with E-state index in [1.165, 1.54) is 46.0 Å². The highest BCUT2D eigenvalue weighted by Gasteiger charge is 2.23. The van der Waals surface area contributed by atoms with Gasteiger partial charge in [-0.3, -0.25) is 0 Å². The molecule has 0 bridgehead atoms. The highest BCUT2D eigenvalue weighted by molar-refractivity contribution is 6.31. The third kappa shape index (κ3) is 5.19. The molecular formula is C33H30ClNO2. The molecule has 0 fully saturated rings. The lowest BCUT2D eigenvalue weighted by Crippen LogP contribution is -2.14. The lowest BCUT2D eigenvalue weighted by Gasteiger charge is -2.23. The maximum Gasteiger partial charge on any atom is 0.337 e. The Morgan fingerprint density at radius 2 is 1.46 bits per heavy atom. The molecule has 4 aromatic carbocycles. The van der Waals surface area contributed by atoms with Crippen molar-refractivity contribution in [1.29, 1.82) is 0 Å². The van der Waals surface area contributed by atoms with E-state index in [9.17, 15) is 4.79 Å². The Bertz CT molecular complexity index is 1470. The van der Waals surface area contributed by atoms with Gasteiger partial charge >= 0.3 is 5.97 Å². The number of hydrogen-bond donors (Lipinski definition) is 0. The van der Waals surface area contributed by atoms with Gasteiger partial charge in [-0.2, -0.15) is 0 Å². The fourth-order valence-electron chi connectivity index (χ4n) is 5.29. The molecule has 0 N–H and O–H groups in total. The molecule has 1 heterocycles. The molecular weight excluding hydrogens is 478 g/mol. The Morgan fingerprint density at radius 3 is 2.05 bits per heavy atom. The van der Waals surface area contributed by atoms with E-state index in [1.54, 1.807) is 0 Å². The predicted octanol–water partition coefficient (Wildman–Crippen LogP) is 8.20. The molecule has 0 atom stereocenters. The first kappa shape index (κ1) is 24.9. The summed E-state index contributed by atoms with van der Waals surface area (Å²) in [5.41, 5.74) is 8.07. The number of ether oxygens (including phenoxy) is 1. The van der Waals surface area contributed by atoms with E-state index in [1.807, 2.05) is 30.3 Å². The van der Waals surface area contributed by atoms with Gasteiger partial charge in [0.05, 0.1) is 18.7 Å². The van der Waals surface area contributed by atoms with Crippen LogP contribution in [0.15, 0.2) is 103 Å². The third-order valence-corrected chi connectivity index (χ3v) is 7.33. The van der Waals surface area contributed by atoms with Gasteiger partial charge in [-0.25, -0.2) is 4.79 Å². The summed E-state index contributed by atoms with van der Waals surface area (Å²) in [6.45, 7) is 2.23. The number of carbonyl (C=O) groups is 1. The molecule has 4 heteroatoms. The highest BCUT2D eigenvalue weighted by atomic mass is 35.5. The molecule has 1 aromatic heterocycles. The summed E-state index contributed by atoms with van der Waals surface area (Å²) >= 11 is 6.50. The largest absolute Gasteiger partial charge is 0.465 e. The molecule has 37 heavy (non-hydrogen) atoms. The van der Waals surface area contributed by atoms with Crippen LogP contribution in [0, 0.1) is 6.92 Å². The summed E-state index contributed by atoms with van der Waals surface area (Å²) in [6.07, 6.45) is 2.85. The molecule has 186 valence electrons. The van der Waals surface area contributed by atoms with Gasteiger partial charge < -0.3 is 9.30 Å². The maximum absolute atomic E-state index is 11.7. The monoisotopic (exact) mass is 507 g/mol. The van der Waals surface area contributed by atoms with E-state index >= 15 is 0 Å². The Labute approximate surface area is 223 Å². The topological polar surface area (TPSA) is 31.2 Å². The van der Waals surface area contributed by atoms with Crippen molar-refractivity contribution in [2.24, 2.45) is 0 Å². The van der Waals surface area contributed by atoms with Gasteiger partial charge in [-0.15, -0.1) is 0 Å². The van der Waals surface area contributed by atoms with Crippen LogP contribution in [0.1, 0.15) is 50.8 Å². The minimum absolute atomic E-state index is 0.0608. The van der Waals surface area contributed by atoms with Crippen molar-refractivity contribution < 1.29 is 9.53 Å². The molecule has 0 amide bonds. The number of benzene rings is 4. The fraction of sp³-hybridized carbons (Fsp3) is 0.182. The standard InChI is InChI=1S/C33H30ClNO2/c1-23-29(15-9-10-24-16-18-27(19-17-24)33(36)37-2)30-22-28(34)20-21-31(30)35(23)32(25-11-5-3-6-12-25)26-13-7-4-8-14-26/h3-8,11-14,16-22,32H,9-10,15H2,1-2H3. The number of aryl methyl sites for hydroxylation is 2. The van der Waals surface area contributed by atoms with Crippen molar-refractivity contribution in [3.8, 4) is 0 Å². The van der Waals surface area contributed by atoms with Gasteiger partial charge in [0, 0.05) is 21.6 Å². The summed E-state index contributed by atoms with van der Waals surface area (Å²) in [4.78, 5) is 11.7. The van der Waals surface area contributed by atoms with E-state index in [2.05, 4.69) is 84.3 Å². The second kappa shape index (κ2) is 11.1. The maximum atomic E-state index is 11.7. The van der Waals surface area contributed by atoms with Crippen molar-refractivity contribution >= 4 is 28.5 Å². The molecule has 3 nitrogen and oxygen atoms in total. The smallest absolute Gasteiger partial charge is 0.337 e. The van der Waals surface area contributed by atoms with Crippen molar-refractivity contribution in [1.82, 2.24) is 4.57 Å². The van der Waals surface area contributed by atoms with Crippen LogP contribution in [0.2, 0.25) is 5.02 Å². The zero-order valence-corrected chi connectivity index (χ0v) is 21.9. The van der Waals surface area contributed by atoms with Crippen molar-refractivity contribution in [3.63, 3.8) is 0 Å². The SMILES string of the molecule is COC(=O)c1ccc(CCCc2c(C)n(C(c3ccccc3)c3ccccc3)c3ccc(Cl)cc23)cc1. The number of esters is 1. The molecule has 5 rings (SSSR count). The molecule has 0 spiro atoms. The third-order valence-electron chi connectivity index (χ3n) is 7.10. The van der Waals surface area contributed by atoms with Crippen LogP contribution < -0.4 is 0 Å². The van der Waals surface area contributed by atoms with Crippen LogP contribution in [0.25, 0.3) is 10.9 Å². The van der Waals surface area contributed by atoms with Gasteiger partial charge in [-0.1, -0.05) is 84.4 Å². The lowest BCUT2D eigenvalue weighted by molar-refractivity contribution is 0.0600. The Morgan fingerprint density at radius 1 is 0.838 bits per heavy atom. The normalized spacial score (nSPS) is 11.2. The second-order valence-corrected chi connectivity index (χ2v) is 9.80. The van der Waals surface area contributed by atoms with Crippen LogP contribution in [0.3, 0.4) is 0 Å². The lowest BCUT2D eigenvalue weighted by atomic mass is 9.98. The van der Waals surface area contributed by atoms with Gasteiger partial charge in [0.25, 0.3) is 0 Å². The Hall–Kier alpha value is -3.82. The number of fused-ring (bicyclic) bond motifs is 1. The van der Waals surface area contributed by atoms with E-state index in [-0.39, 0.29) is 12.0 Å². The zero-order valence-electron chi connectivity index (χ0n) is 21.2. The zero-order chi connectivity index (χ0) is 25.8. The number of aromatic nitrogens is 1. The summed E-state index contributed by atoms with van der Waals surface area (Å²) in [5.74, 6) is -0.307. The number of carbonyl (C=O) groups excluding carboxylic acids is 1. The molecule has 0 unspecified atom stereocenters. The van der Waals surface area contributed by atoms with E-state index < -0.39 is 0 Å². The van der Waals surface area contributed by atoms with E-state index in [0.717, 1.165) is 24.3 Å². The van der Waals surface area contributed by atoms with Crippen LogP contribution in [-0.4, -0.2) is 17.6 Å². The molecule has 0 aliphatic heterocycles. The quantitative estimate of drug-likeness (QED) is 0.198. The summed E-state index contributed by atoms with van der Waals surface area (Å²) in [5, 5.41) is 1.96. The summed E-state index contributed by atoms with van der Waals surface area (Å²) in [7, 11) is 1.40. The number of rotatable bonds is 8. The average Bonchev–Trinajstić information content (AvgIpc) is 3.20. The Kier molecular flexibility index (Phi) is 7.43. The molecule has 0 radical (unpaired) electrons. The van der Waals surface area contributed by atoms with E-state index in [4.69, 9.17) is 16.3 Å². The highest BCUT2D eigenvalue weighted by Crippen LogP contribution is 2.37. The Balaban J connectivity index is 1.51. The summed E-state index contributed by atoms with van der Waals surface area (Å²) < 4.78 is 7.28. The molecule has 5 aromatic rings. The number of methoxy groups -OCH3 is 1.